The molecule has 0 bridgehead atoms. The lowest BCUT2D eigenvalue weighted by Crippen LogP contribution is -2.33. The second-order valence-corrected chi connectivity index (χ2v) is 9.51. The molecule has 0 spiro atoms. The van der Waals surface area contributed by atoms with E-state index in [1.54, 1.807) is 12.1 Å². The summed E-state index contributed by atoms with van der Waals surface area (Å²) in [5, 5.41) is 2.21. The zero-order valence-corrected chi connectivity index (χ0v) is 17.6. The Bertz CT molecular complexity index is 981. The van der Waals surface area contributed by atoms with E-state index in [1.807, 2.05) is 11.9 Å². The third-order valence-corrected chi connectivity index (χ3v) is 6.94. The van der Waals surface area contributed by atoms with Gasteiger partial charge in [0.05, 0.1) is 5.69 Å². The topological polar surface area (TPSA) is 82.9 Å². The third kappa shape index (κ3) is 4.62. The number of anilines is 2. The Morgan fingerprint density at radius 3 is 2.41 bits per heavy atom. The van der Waals surface area contributed by atoms with Crippen molar-refractivity contribution in [2.45, 2.75) is 43.2 Å². The number of rotatable bonds is 6. The molecule has 7 nitrogen and oxygen atoms in total. The molecule has 0 aliphatic heterocycles. The van der Waals surface area contributed by atoms with E-state index in [-0.39, 0.29) is 16.5 Å². The van der Waals surface area contributed by atoms with Crippen molar-refractivity contribution in [2.75, 3.05) is 31.4 Å². The van der Waals surface area contributed by atoms with E-state index in [0.717, 1.165) is 30.0 Å². The molecule has 9 heteroatoms. The molecule has 2 aromatic rings. The summed E-state index contributed by atoms with van der Waals surface area (Å²) >= 11 is 0. The molecule has 1 saturated carbocycles. The fraction of sp³-hybridized carbons (Fsp3) is 0.450. The van der Waals surface area contributed by atoms with Gasteiger partial charge in [-0.2, -0.15) is 0 Å². The summed E-state index contributed by atoms with van der Waals surface area (Å²) in [7, 11) is 0.852. The highest BCUT2D eigenvalue weighted by Gasteiger charge is 2.24. The van der Waals surface area contributed by atoms with Gasteiger partial charge >= 0.3 is 0 Å². The minimum atomic E-state index is -3.77. The van der Waals surface area contributed by atoms with Gasteiger partial charge in [-0.15, -0.1) is 0 Å². The number of nitrogens with one attached hydrogen (secondary N) is 1. The van der Waals surface area contributed by atoms with E-state index in [9.17, 15) is 17.6 Å². The maximum absolute atomic E-state index is 14.7. The molecule has 3 rings (SSSR count). The molecule has 1 aromatic carbocycles. The minimum Gasteiger partial charge on any atom is -0.438 e. The summed E-state index contributed by atoms with van der Waals surface area (Å²) < 4.78 is 44.9. The number of hydrogen-bond donors (Lipinski definition) is 1. The molecular weight excluding hydrogens is 397 g/mol. The number of hydrogen-bond acceptors (Lipinski definition) is 5. The van der Waals surface area contributed by atoms with Crippen LogP contribution in [-0.2, 0) is 10.0 Å². The number of amides is 1. The second-order valence-electron chi connectivity index (χ2n) is 7.43. The largest absolute Gasteiger partial charge is 0.438 e. The zero-order valence-electron chi connectivity index (χ0n) is 16.8. The molecule has 1 N–H and O–H groups in total. The molecule has 0 unspecified atom stereocenters. The molecule has 1 aromatic heterocycles. The van der Waals surface area contributed by atoms with Crippen LogP contribution < -0.4 is 10.2 Å². The molecular formula is C20H26FN3O4S. The van der Waals surface area contributed by atoms with Crippen molar-refractivity contribution in [1.29, 1.82) is 0 Å². The fourth-order valence-corrected chi connectivity index (χ4v) is 4.28. The highest BCUT2D eigenvalue weighted by atomic mass is 32.2. The molecule has 1 heterocycles. The van der Waals surface area contributed by atoms with Crippen LogP contribution in [-0.4, -0.2) is 45.8 Å². The van der Waals surface area contributed by atoms with E-state index in [4.69, 9.17) is 4.42 Å². The van der Waals surface area contributed by atoms with Gasteiger partial charge in [0.25, 0.3) is 15.9 Å². The second kappa shape index (κ2) is 8.54. The van der Waals surface area contributed by atoms with Gasteiger partial charge in [-0.05, 0) is 43.2 Å². The molecule has 1 aliphatic carbocycles. The molecule has 0 radical (unpaired) electrons. The molecule has 0 atom stereocenters. The van der Waals surface area contributed by atoms with E-state index in [2.05, 4.69) is 5.32 Å². The lowest BCUT2D eigenvalue weighted by Gasteiger charge is -2.33. The number of carbonyl (C=O) groups is 1. The molecule has 29 heavy (non-hydrogen) atoms. The maximum Gasteiger partial charge on any atom is 0.291 e. The Labute approximate surface area is 170 Å². The SMILES string of the molecule is CN(c1ccc(NC(=O)c2ccc(S(=O)(=O)N(C)C)o2)cc1F)C1CCCCC1. The van der Waals surface area contributed by atoms with Gasteiger partial charge < -0.3 is 14.6 Å². The first-order valence-electron chi connectivity index (χ1n) is 9.56. The lowest BCUT2D eigenvalue weighted by molar-refractivity contribution is 0.0991. The Hall–Kier alpha value is -2.39. The first-order chi connectivity index (χ1) is 13.7. The van der Waals surface area contributed by atoms with Crippen LogP contribution in [0.3, 0.4) is 0 Å². The summed E-state index contributed by atoms with van der Waals surface area (Å²) in [6.07, 6.45) is 5.62. The Morgan fingerprint density at radius 2 is 1.79 bits per heavy atom. The lowest BCUT2D eigenvalue weighted by atomic mass is 9.94. The molecule has 1 amide bonds. The van der Waals surface area contributed by atoms with E-state index < -0.39 is 21.7 Å². The summed E-state index contributed by atoms with van der Waals surface area (Å²) in [6.45, 7) is 0. The van der Waals surface area contributed by atoms with Crippen molar-refractivity contribution in [1.82, 2.24) is 4.31 Å². The highest BCUT2D eigenvalue weighted by molar-refractivity contribution is 7.88. The summed E-state index contributed by atoms with van der Waals surface area (Å²) in [5.41, 5.74) is 0.758. The van der Waals surface area contributed by atoms with Crippen molar-refractivity contribution in [3.05, 3.63) is 41.9 Å². The zero-order chi connectivity index (χ0) is 21.2. The van der Waals surface area contributed by atoms with Gasteiger partial charge in [0.15, 0.2) is 5.76 Å². The van der Waals surface area contributed by atoms with Gasteiger partial charge in [0.2, 0.25) is 5.09 Å². The third-order valence-electron chi connectivity index (χ3n) is 5.25. The van der Waals surface area contributed by atoms with Crippen LogP contribution in [0.25, 0.3) is 0 Å². The van der Waals surface area contributed by atoms with Crippen LogP contribution in [0.2, 0.25) is 0 Å². The standard InChI is InChI=1S/C20H26FN3O4S/c1-23(2)29(26,27)19-12-11-18(28-19)20(25)22-14-9-10-17(16(21)13-14)24(3)15-7-5-4-6-8-15/h9-13,15H,4-8H2,1-3H3,(H,22,25). The van der Waals surface area contributed by atoms with Crippen molar-refractivity contribution in [3.63, 3.8) is 0 Å². The highest BCUT2D eigenvalue weighted by Crippen LogP contribution is 2.29. The Balaban J connectivity index is 1.71. The molecule has 158 valence electrons. The van der Waals surface area contributed by atoms with Crippen LogP contribution in [0, 0.1) is 5.82 Å². The summed E-state index contributed by atoms with van der Waals surface area (Å²) in [5.74, 6) is -1.25. The van der Waals surface area contributed by atoms with Gasteiger partial charge in [0.1, 0.15) is 5.82 Å². The number of furan rings is 1. The van der Waals surface area contributed by atoms with Crippen molar-refractivity contribution >= 4 is 27.3 Å². The predicted molar refractivity (Wildman–Crippen MR) is 109 cm³/mol. The van der Waals surface area contributed by atoms with Gasteiger partial charge in [-0.3, -0.25) is 4.79 Å². The van der Waals surface area contributed by atoms with Crippen LogP contribution in [0.4, 0.5) is 15.8 Å². The van der Waals surface area contributed by atoms with Crippen LogP contribution in [0.5, 0.6) is 0 Å². The smallest absolute Gasteiger partial charge is 0.291 e. The fourth-order valence-electron chi connectivity index (χ4n) is 3.49. The number of halogens is 1. The first-order valence-corrected chi connectivity index (χ1v) is 11.0. The summed E-state index contributed by atoms with van der Waals surface area (Å²) in [6, 6.07) is 7.33. The number of nitrogens with zero attached hydrogens (tertiary/aromatic N) is 2. The normalized spacial score (nSPS) is 15.5. The van der Waals surface area contributed by atoms with Crippen molar-refractivity contribution < 1.29 is 22.0 Å². The maximum atomic E-state index is 14.7. The van der Waals surface area contributed by atoms with E-state index in [1.165, 1.54) is 38.7 Å². The van der Waals surface area contributed by atoms with Crippen molar-refractivity contribution in [3.8, 4) is 0 Å². The van der Waals surface area contributed by atoms with Gasteiger partial charge in [-0.25, -0.2) is 17.1 Å². The summed E-state index contributed by atoms with van der Waals surface area (Å²) in [4.78, 5) is 14.3. The number of sulfonamides is 1. The van der Waals surface area contributed by atoms with Crippen LogP contribution >= 0.6 is 0 Å². The van der Waals surface area contributed by atoms with Gasteiger partial charge in [-0.1, -0.05) is 19.3 Å². The van der Waals surface area contributed by atoms with Crippen LogP contribution in [0.1, 0.15) is 42.7 Å². The number of benzene rings is 1. The minimum absolute atomic E-state index is 0.172. The molecule has 0 saturated heterocycles. The van der Waals surface area contributed by atoms with Crippen LogP contribution in [0.15, 0.2) is 39.8 Å². The monoisotopic (exact) mass is 423 g/mol. The molecule has 1 aliphatic rings. The van der Waals surface area contributed by atoms with E-state index in [0.29, 0.717) is 11.7 Å². The Kier molecular flexibility index (Phi) is 6.28. The average Bonchev–Trinajstić information content (AvgIpc) is 3.19. The molecule has 1 fully saturated rings. The van der Waals surface area contributed by atoms with Crippen molar-refractivity contribution in [2.24, 2.45) is 0 Å². The first kappa shape index (κ1) is 21.3. The Morgan fingerprint density at radius 1 is 1.10 bits per heavy atom. The van der Waals surface area contributed by atoms with E-state index >= 15 is 0 Å². The quantitative estimate of drug-likeness (QED) is 0.766. The average molecular weight is 424 g/mol. The predicted octanol–water partition coefficient (Wildman–Crippen LogP) is 3.69. The number of carbonyl (C=O) groups excluding carboxylic acids is 1. The van der Waals surface area contributed by atoms with Gasteiger partial charge in [0, 0.05) is 32.9 Å².